The van der Waals surface area contributed by atoms with E-state index in [1.165, 1.54) is 0 Å². The van der Waals surface area contributed by atoms with Gasteiger partial charge in [-0.1, -0.05) is 0 Å². The quantitative estimate of drug-likeness (QED) is 0.630. The number of rotatable bonds is 1. The molecule has 0 radical (unpaired) electrons. The second kappa shape index (κ2) is 3.11. The second-order valence-corrected chi connectivity index (χ2v) is 2.34. The Morgan fingerprint density at radius 3 is 2.69 bits per heavy atom. The Morgan fingerprint density at radius 1 is 1.62 bits per heavy atom. The highest BCUT2D eigenvalue weighted by Crippen LogP contribution is 2.16. The van der Waals surface area contributed by atoms with E-state index in [-0.39, 0.29) is 16.8 Å². The van der Waals surface area contributed by atoms with E-state index in [1.54, 1.807) is 6.07 Å². The largest absolute Gasteiger partial charge is 0.478 e. The summed E-state index contributed by atoms with van der Waals surface area (Å²) in [7, 11) is 0. The molecule has 0 saturated carbocycles. The highest BCUT2D eigenvalue weighted by atomic mass is 19.1. The van der Waals surface area contributed by atoms with Crippen LogP contribution in [0.15, 0.2) is 12.1 Å². The maximum Gasteiger partial charge on any atom is 0.337 e. The van der Waals surface area contributed by atoms with Crippen molar-refractivity contribution in [2.45, 2.75) is 0 Å². The molecule has 0 aliphatic carbocycles. The third kappa shape index (κ3) is 1.56. The monoisotopic (exact) mass is 180 g/mol. The van der Waals surface area contributed by atoms with Crippen LogP contribution >= 0.6 is 0 Å². The van der Waals surface area contributed by atoms with Gasteiger partial charge in [0.1, 0.15) is 11.9 Å². The van der Waals surface area contributed by atoms with Gasteiger partial charge in [-0.05, 0) is 12.1 Å². The maximum absolute atomic E-state index is 12.7. The van der Waals surface area contributed by atoms with E-state index in [4.69, 9.17) is 16.1 Å². The van der Waals surface area contributed by atoms with Crippen LogP contribution in [0.2, 0.25) is 0 Å². The number of carboxylic acids is 1. The third-order valence-corrected chi connectivity index (χ3v) is 1.49. The van der Waals surface area contributed by atoms with E-state index < -0.39 is 11.8 Å². The van der Waals surface area contributed by atoms with Gasteiger partial charge in [0.2, 0.25) is 0 Å². The highest BCUT2D eigenvalue weighted by Gasteiger charge is 2.12. The number of hydrogen-bond acceptors (Lipinski definition) is 3. The molecule has 66 valence electrons. The molecule has 0 saturated heterocycles. The van der Waals surface area contributed by atoms with Gasteiger partial charge in [0, 0.05) is 0 Å². The fourth-order valence-corrected chi connectivity index (χ4v) is 0.859. The van der Waals surface area contributed by atoms with Gasteiger partial charge in [0.25, 0.3) is 0 Å². The van der Waals surface area contributed by atoms with Gasteiger partial charge in [-0.2, -0.15) is 5.26 Å². The first-order valence-corrected chi connectivity index (χ1v) is 3.28. The summed E-state index contributed by atoms with van der Waals surface area (Å²) in [6.07, 6.45) is 0. The summed E-state index contributed by atoms with van der Waals surface area (Å²) < 4.78 is 12.7. The molecule has 0 atom stereocenters. The molecule has 0 fully saturated rings. The molecule has 0 aliphatic heterocycles. The summed E-state index contributed by atoms with van der Waals surface area (Å²) in [5.41, 5.74) is 4.33. The van der Waals surface area contributed by atoms with E-state index in [2.05, 4.69) is 0 Å². The molecule has 0 spiro atoms. The summed E-state index contributed by atoms with van der Waals surface area (Å²) in [4.78, 5) is 10.5. The zero-order valence-electron chi connectivity index (χ0n) is 6.41. The standard InChI is InChI=1S/C8H5FN2O2/c9-6-1-4(3-10)5(8(12)13)2-7(6)11/h1-2H,11H2,(H,12,13). The predicted molar refractivity (Wildman–Crippen MR) is 42.5 cm³/mol. The minimum absolute atomic E-state index is 0.237. The number of benzene rings is 1. The fraction of sp³-hybridized carbons (Fsp3) is 0. The number of nitriles is 1. The smallest absolute Gasteiger partial charge is 0.337 e. The number of nitrogen functional groups attached to an aromatic ring is 1. The molecule has 5 heteroatoms. The van der Waals surface area contributed by atoms with Crippen LogP contribution in [-0.2, 0) is 0 Å². The van der Waals surface area contributed by atoms with E-state index >= 15 is 0 Å². The Bertz CT molecular complexity index is 409. The van der Waals surface area contributed by atoms with Crippen molar-refractivity contribution < 1.29 is 14.3 Å². The molecule has 0 bridgehead atoms. The van der Waals surface area contributed by atoms with Crippen molar-refractivity contribution in [2.24, 2.45) is 0 Å². The Hall–Kier alpha value is -2.09. The van der Waals surface area contributed by atoms with Crippen molar-refractivity contribution in [3.8, 4) is 6.07 Å². The van der Waals surface area contributed by atoms with E-state index in [0.717, 1.165) is 12.1 Å². The summed E-state index contributed by atoms with van der Waals surface area (Å²) in [6, 6.07) is 3.30. The highest BCUT2D eigenvalue weighted by molar-refractivity contribution is 5.91. The number of nitrogens with zero attached hydrogens (tertiary/aromatic N) is 1. The summed E-state index contributed by atoms with van der Waals surface area (Å²) in [5, 5.41) is 17.0. The first-order valence-electron chi connectivity index (χ1n) is 3.28. The van der Waals surface area contributed by atoms with Crippen LogP contribution in [0.25, 0.3) is 0 Å². The minimum atomic E-state index is -1.30. The first-order chi connectivity index (χ1) is 6.06. The minimum Gasteiger partial charge on any atom is -0.478 e. The van der Waals surface area contributed by atoms with Crippen molar-refractivity contribution >= 4 is 11.7 Å². The fourth-order valence-electron chi connectivity index (χ4n) is 0.859. The lowest BCUT2D eigenvalue weighted by atomic mass is 10.1. The molecular weight excluding hydrogens is 175 g/mol. The number of anilines is 1. The number of halogens is 1. The number of aromatic carboxylic acids is 1. The lowest BCUT2D eigenvalue weighted by Crippen LogP contribution is -2.03. The average Bonchev–Trinajstić information content (AvgIpc) is 2.08. The van der Waals surface area contributed by atoms with Gasteiger partial charge in [-0.15, -0.1) is 0 Å². The van der Waals surface area contributed by atoms with E-state index in [1.807, 2.05) is 0 Å². The predicted octanol–water partition coefficient (Wildman–Crippen LogP) is 0.978. The Kier molecular flexibility index (Phi) is 2.15. The van der Waals surface area contributed by atoms with Crippen molar-refractivity contribution in [3.63, 3.8) is 0 Å². The first kappa shape index (κ1) is 9.00. The van der Waals surface area contributed by atoms with Gasteiger partial charge in [-0.3, -0.25) is 0 Å². The molecule has 1 aromatic carbocycles. The molecular formula is C8H5FN2O2. The topological polar surface area (TPSA) is 87.1 Å². The van der Waals surface area contributed by atoms with Gasteiger partial charge in [0.05, 0.1) is 16.8 Å². The van der Waals surface area contributed by atoms with Crippen LogP contribution in [0.3, 0.4) is 0 Å². The van der Waals surface area contributed by atoms with Crippen LogP contribution < -0.4 is 5.73 Å². The molecule has 1 rings (SSSR count). The molecule has 1 aromatic rings. The Labute approximate surface area is 73.0 Å². The van der Waals surface area contributed by atoms with Crippen LogP contribution in [0, 0.1) is 17.1 Å². The second-order valence-electron chi connectivity index (χ2n) is 2.34. The molecule has 4 nitrogen and oxygen atoms in total. The Morgan fingerprint density at radius 2 is 2.23 bits per heavy atom. The Balaban J connectivity index is 3.44. The summed E-state index contributed by atoms with van der Waals surface area (Å²) >= 11 is 0. The van der Waals surface area contributed by atoms with Gasteiger partial charge in [-0.25, -0.2) is 9.18 Å². The van der Waals surface area contributed by atoms with Crippen LogP contribution in [0.5, 0.6) is 0 Å². The normalized spacial score (nSPS) is 9.23. The van der Waals surface area contributed by atoms with Crippen LogP contribution in [-0.4, -0.2) is 11.1 Å². The van der Waals surface area contributed by atoms with E-state index in [0.29, 0.717) is 0 Å². The summed E-state index contributed by atoms with van der Waals surface area (Å²) in [5.74, 6) is -2.09. The lowest BCUT2D eigenvalue weighted by molar-refractivity contribution is 0.0696. The molecule has 0 heterocycles. The molecule has 0 amide bonds. The lowest BCUT2D eigenvalue weighted by Gasteiger charge is -2.00. The zero-order valence-corrected chi connectivity index (χ0v) is 6.41. The maximum atomic E-state index is 12.7. The van der Waals surface area contributed by atoms with Gasteiger partial charge in [0.15, 0.2) is 0 Å². The van der Waals surface area contributed by atoms with Crippen molar-refractivity contribution in [3.05, 3.63) is 29.1 Å². The molecule has 3 N–H and O–H groups in total. The number of carbonyl (C=O) groups is 1. The van der Waals surface area contributed by atoms with Crippen molar-refractivity contribution in [2.75, 3.05) is 5.73 Å². The zero-order chi connectivity index (χ0) is 10.0. The third-order valence-electron chi connectivity index (χ3n) is 1.49. The molecule has 0 aliphatic rings. The number of hydrogen-bond donors (Lipinski definition) is 2. The number of carboxylic acid groups (broad SMARTS) is 1. The van der Waals surface area contributed by atoms with Crippen LogP contribution in [0.4, 0.5) is 10.1 Å². The molecule has 0 unspecified atom stereocenters. The summed E-state index contributed by atoms with van der Waals surface area (Å²) in [6.45, 7) is 0. The van der Waals surface area contributed by atoms with Gasteiger partial charge < -0.3 is 10.8 Å². The van der Waals surface area contributed by atoms with Crippen LogP contribution in [0.1, 0.15) is 15.9 Å². The molecule has 13 heavy (non-hydrogen) atoms. The SMILES string of the molecule is N#Cc1cc(F)c(N)cc1C(=O)O. The number of nitrogens with two attached hydrogens (primary N) is 1. The van der Waals surface area contributed by atoms with Crippen molar-refractivity contribution in [1.29, 1.82) is 5.26 Å². The van der Waals surface area contributed by atoms with E-state index in [9.17, 15) is 9.18 Å². The van der Waals surface area contributed by atoms with Crippen molar-refractivity contribution in [1.82, 2.24) is 0 Å². The molecule has 0 aromatic heterocycles. The van der Waals surface area contributed by atoms with Gasteiger partial charge >= 0.3 is 5.97 Å². The average molecular weight is 180 g/mol.